The van der Waals surface area contributed by atoms with E-state index >= 15 is 0 Å². The van der Waals surface area contributed by atoms with Gasteiger partial charge in [0.15, 0.2) is 0 Å². The van der Waals surface area contributed by atoms with Crippen molar-refractivity contribution in [2.75, 3.05) is 46.4 Å². The average Bonchev–Trinajstić information content (AvgIpc) is 3.08. The zero-order valence-corrected chi connectivity index (χ0v) is 14.3. The summed E-state index contributed by atoms with van der Waals surface area (Å²) in [6.45, 7) is 5.41. The molecular formula is C17H24ClN2O3+. The van der Waals surface area contributed by atoms with Crippen molar-refractivity contribution in [3.63, 3.8) is 0 Å². The van der Waals surface area contributed by atoms with Gasteiger partial charge >= 0.3 is 0 Å². The van der Waals surface area contributed by atoms with Crippen molar-refractivity contribution in [3.8, 4) is 5.75 Å². The van der Waals surface area contributed by atoms with Gasteiger partial charge in [-0.15, -0.1) is 0 Å². The van der Waals surface area contributed by atoms with E-state index in [2.05, 4.69) is 0 Å². The van der Waals surface area contributed by atoms with E-state index < -0.39 is 0 Å². The lowest BCUT2D eigenvalue weighted by molar-refractivity contribution is -0.906. The second kappa shape index (κ2) is 7.51. The molecule has 0 radical (unpaired) electrons. The Morgan fingerprint density at radius 1 is 1.43 bits per heavy atom. The molecule has 0 saturated carbocycles. The summed E-state index contributed by atoms with van der Waals surface area (Å²) < 4.78 is 11.0. The maximum Gasteiger partial charge on any atom is 0.258 e. The molecule has 0 unspecified atom stereocenters. The van der Waals surface area contributed by atoms with Crippen LogP contribution in [0.4, 0.5) is 0 Å². The molecule has 3 rings (SSSR count). The number of amides is 1. The highest BCUT2D eigenvalue weighted by atomic mass is 35.5. The third-order valence-corrected chi connectivity index (χ3v) is 4.93. The van der Waals surface area contributed by atoms with Gasteiger partial charge in [-0.05, 0) is 31.0 Å². The lowest BCUT2D eigenvalue weighted by Gasteiger charge is -2.33. The van der Waals surface area contributed by atoms with E-state index in [1.807, 2.05) is 4.90 Å². The number of benzene rings is 1. The van der Waals surface area contributed by atoms with Crippen LogP contribution in [0.15, 0.2) is 18.2 Å². The largest absolute Gasteiger partial charge is 0.496 e. The fourth-order valence-corrected chi connectivity index (χ4v) is 3.55. The van der Waals surface area contributed by atoms with E-state index in [-0.39, 0.29) is 5.91 Å². The Morgan fingerprint density at radius 2 is 2.22 bits per heavy atom. The van der Waals surface area contributed by atoms with Gasteiger partial charge in [0.25, 0.3) is 5.91 Å². The molecule has 1 amide bonds. The Balaban J connectivity index is 1.58. The van der Waals surface area contributed by atoms with Gasteiger partial charge in [0.2, 0.25) is 0 Å². The van der Waals surface area contributed by atoms with Gasteiger partial charge in [0, 0.05) is 11.6 Å². The first-order valence-corrected chi connectivity index (χ1v) is 8.63. The number of ether oxygens (including phenoxy) is 2. The lowest BCUT2D eigenvalue weighted by atomic mass is 10.1. The topological polar surface area (TPSA) is 43.2 Å². The predicted molar refractivity (Wildman–Crippen MR) is 88.4 cm³/mol. The molecule has 6 heteroatoms. The number of methoxy groups -OCH3 is 1. The Morgan fingerprint density at radius 3 is 2.87 bits per heavy atom. The highest BCUT2D eigenvalue weighted by Crippen LogP contribution is 2.24. The third kappa shape index (κ3) is 3.97. The minimum atomic E-state index is 0.000478. The fraction of sp³-hybridized carbons (Fsp3) is 0.588. The minimum absolute atomic E-state index is 0.000478. The van der Waals surface area contributed by atoms with Crippen LogP contribution in [-0.2, 0) is 4.74 Å². The summed E-state index contributed by atoms with van der Waals surface area (Å²) in [5, 5.41) is 0.553. The summed E-state index contributed by atoms with van der Waals surface area (Å²) in [7, 11) is 1.57. The Bertz CT molecular complexity index is 553. The number of carbonyl (C=O) groups is 1. The molecule has 1 aromatic carbocycles. The molecule has 1 atom stereocenters. The van der Waals surface area contributed by atoms with Crippen LogP contribution >= 0.6 is 11.6 Å². The summed E-state index contributed by atoms with van der Waals surface area (Å²) in [5.74, 6) is 0.578. The van der Waals surface area contributed by atoms with Crippen molar-refractivity contribution >= 4 is 17.5 Å². The first-order valence-electron chi connectivity index (χ1n) is 8.25. The number of carbonyl (C=O) groups excluding carboxylic acids is 1. The van der Waals surface area contributed by atoms with Crippen molar-refractivity contribution in [2.24, 2.45) is 0 Å². The van der Waals surface area contributed by atoms with Crippen LogP contribution in [0.2, 0.25) is 5.02 Å². The highest BCUT2D eigenvalue weighted by Gasteiger charge is 2.29. The molecule has 1 aromatic rings. The summed E-state index contributed by atoms with van der Waals surface area (Å²) >= 11 is 6.03. The summed E-state index contributed by atoms with van der Waals surface area (Å²) in [6.07, 6.45) is 2.75. The number of piperazine rings is 1. The zero-order chi connectivity index (χ0) is 16.2. The molecule has 0 spiro atoms. The van der Waals surface area contributed by atoms with E-state index in [0.29, 0.717) is 22.4 Å². The van der Waals surface area contributed by atoms with Crippen molar-refractivity contribution in [1.82, 2.24) is 4.90 Å². The second-order valence-corrected chi connectivity index (χ2v) is 6.66. The molecule has 0 aromatic heterocycles. The minimum Gasteiger partial charge on any atom is -0.496 e. The van der Waals surface area contributed by atoms with Crippen LogP contribution < -0.4 is 9.64 Å². The van der Waals surface area contributed by atoms with Crippen molar-refractivity contribution in [2.45, 2.75) is 18.9 Å². The van der Waals surface area contributed by atoms with Gasteiger partial charge < -0.3 is 19.3 Å². The van der Waals surface area contributed by atoms with E-state index in [1.165, 1.54) is 17.7 Å². The second-order valence-electron chi connectivity index (χ2n) is 6.23. The number of hydrogen-bond donors (Lipinski definition) is 1. The zero-order valence-electron chi connectivity index (χ0n) is 13.5. The molecule has 2 aliphatic heterocycles. The maximum absolute atomic E-state index is 12.7. The first kappa shape index (κ1) is 16.6. The number of halogens is 1. The first-order chi connectivity index (χ1) is 11.2. The van der Waals surface area contributed by atoms with Crippen molar-refractivity contribution < 1.29 is 19.2 Å². The molecule has 2 saturated heterocycles. The number of rotatable bonds is 4. The van der Waals surface area contributed by atoms with Crippen LogP contribution in [0, 0.1) is 0 Å². The summed E-state index contributed by atoms with van der Waals surface area (Å²) in [5.41, 5.74) is 0.544. The highest BCUT2D eigenvalue weighted by molar-refractivity contribution is 6.31. The van der Waals surface area contributed by atoms with Gasteiger partial charge in [-0.25, -0.2) is 0 Å². The van der Waals surface area contributed by atoms with E-state index in [9.17, 15) is 4.79 Å². The molecule has 2 aliphatic rings. The molecule has 0 bridgehead atoms. The smallest absolute Gasteiger partial charge is 0.258 e. The Kier molecular flexibility index (Phi) is 5.41. The SMILES string of the molecule is COc1ccc(Cl)cc1C(=O)N1CC[NH+](C[C@H]2CCCO2)CC1. The van der Waals surface area contributed by atoms with Gasteiger partial charge in [0.1, 0.15) is 18.4 Å². The molecular weight excluding hydrogens is 316 g/mol. The lowest BCUT2D eigenvalue weighted by Crippen LogP contribution is -3.15. The van der Waals surface area contributed by atoms with Crippen LogP contribution in [0.25, 0.3) is 0 Å². The summed E-state index contributed by atoms with van der Waals surface area (Å²) in [6, 6.07) is 5.17. The predicted octanol–water partition coefficient (Wildman–Crippen LogP) is 0.868. The molecule has 23 heavy (non-hydrogen) atoms. The number of nitrogens with one attached hydrogen (secondary N) is 1. The van der Waals surface area contributed by atoms with Crippen molar-refractivity contribution in [1.29, 1.82) is 0 Å². The monoisotopic (exact) mass is 339 g/mol. The molecule has 2 heterocycles. The molecule has 1 N–H and O–H groups in total. The average molecular weight is 340 g/mol. The Hall–Kier alpha value is -1.30. The molecule has 126 valence electrons. The number of hydrogen-bond acceptors (Lipinski definition) is 3. The molecule has 2 fully saturated rings. The molecule has 0 aliphatic carbocycles. The van der Waals surface area contributed by atoms with Gasteiger partial charge in [0.05, 0.1) is 38.9 Å². The van der Waals surface area contributed by atoms with E-state index in [4.69, 9.17) is 21.1 Å². The van der Waals surface area contributed by atoms with Gasteiger partial charge in [-0.1, -0.05) is 11.6 Å². The fourth-order valence-electron chi connectivity index (χ4n) is 3.38. The molecule has 5 nitrogen and oxygen atoms in total. The van der Waals surface area contributed by atoms with Crippen molar-refractivity contribution in [3.05, 3.63) is 28.8 Å². The number of nitrogens with zero attached hydrogens (tertiary/aromatic N) is 1. The van der Waals surface area contributed by atoms with E-state index in [1.54, 1.807) is 25.3 Å². The van der Waals surface area contributed by atoms with E-state index in [0.717, 1.165) is 39.3 Å². The van der Waals surface area contributed by atoms with Gasteiger partial charge in [-0.2, -0.15) is 0 Å². The standard InChI is InChI=1S/C17H23ClN2O3/c1-22-16-5-4-13(18)11-15(16)17(21)20-8-6-19(7-9-20)12-14-3-2-10-23-14/h4-5,11,14H,2-3,6-10,12H2,1H3/p+1/t14-/m1/s1. The quantitative estimate of drug-likeness (QED) is 0.885. The Labute approximate surface area is 142 Å². The normalized spacial score (nSPS) is 22.3. The third-order valence-electron chi connectivity index (χ3n) is 4.69. The van der Waals surface area contributed by atoms with Gasteiger partial charge in [-0.3, -0.25) is 4.79 Å². The van der Waals surface area contributed by atoms with Crippen LogP contribution in [-0.4, -0.2) is 63.4 Å². The maximum atomic E-state index is 12.7. The van der Waals surface area contributed by atoms with Crippen LogP contribution in [0.1, 0.15) is 23.2 Å². The van der Waals surface area contributed by atoms with Crippen LogP contribution in [0.5, 0.6) is 5.75 Å². The number of quaternary nitrogens is 1. The summed E-state index contributed by atoms with van der Waals surface area (Å²) in [4.78, 5) is 16.2. The van der Waals surface area contributed by atoms with Crippen LogP contribution in [0.3, 0.4) is 0 Å².